The fourth-order valence-corrected chi connectivity index (χ4v) is 5.11. The molecular weight excluding hydrogens is 322 g/mol. The Kier molecular flexibility index (Phi) is 6.42. The fraction of sp³-hybridized carbons (Fsp3) is 0.652. The van der Waals surface area contributed by atoms with Crippen molar-refractivity contribution in [2.45, 2.75) is 57.0 Å². The van der Waals surface area contributed by atoms with Gasteiger partial charge in [-0.15, -0.1) is 0 Å². The van der Waals surface area contributed by atoms with Crippen LogP contribution in [0.5, 0.6) is 5.75 Å². The molecule has 26 heavy (non-hydrogen) atoms. The van der Waals surface area contributed by atoms with Gasteiger partial charge in [-0.3, -0.25) is 0 Å². The Hall–Kier alpha value is -1.32. The minimum atomic E-state index is -0.656. The largest absolute Gasteiger partial charge is 0.497 e. The maximum absolute atomic E-state index is 12.2. The van der Waals surface area contributed by atoms with Gasteiger partial charge in [-0.05, 0) is 75.4 Å². The van der Waals surface area contributed by atoms with Gasteiger partial charge in [-0.2, -0.15) is 0 Å². The first kappa shape index (κ1) is 19.4. The summed E-state index contributed by atoms with van der Waals surface area (Å²) in [6.45, 7) is 0.965. The van der Waals surface area contributed by atoms with Gasteiger partial charge in [0.05, 0.1) is 12.7 Å². The minimum Gasteiger partial charge on any atom is -0.497 e. The first-order chi connectivity index (χ1) is 12.5. The van der Waals surface area contributed by atoms with Crippen LogP contribution in [0.3, 0.4) is 0 Å². The molecule has 0 amide bonds. The molecule has 2 unspecified atom stereocenters. The molecule has 0 aliphatic heterocycles. The number of hydrogen-bond acceptors (Lipinski definition) is 3. The van der Waals surface area contributed by atoms with E-state index in [4.69, 9.17) is 4.74 Å². The lowest BCUT2D eigenvalue weighted by Crippen LogP contribution is -2.49. The zero-order valence-electron chi connectivity index (χ0n) is 16.7. The van der Waals surface area contributed by atoms with E-state index >= 15 is 0 Å². The van der Waals surface area contributed by atoms with E-state index in [-0.39, 0.29) is 0 Å². The summed E-state index contributed by atoms with van der Waals surface area (Å²) < 4.78 is 5.29. The number of methoxy groups -OCH3 is 1. The van der Waals surface area contributed by atoms with Crippen LogP contribution >= 0.6 is 0 Å². The smallest absolute Gasteiger partial charge is 0.118 e. The molecule has 0 radical (unpaired) electrons. The number of rotatable bonds is 5. The molecule has 0 saturated heterocycles. The maximum Gasteiger partial charge on any atom is 0.118 e. The summed E-state index contributed by atoms with van der Waals surface area (Å²) in [7, 11) is 5.96. The number of nitrogens with zero attached hydrogens (tertiary/aromatic N) is 1. The summed E-state index contributed by atoms with van der Waals surface area (Å²) in [5.74, 6) is 1.62. The molecule has 2 fully saturated rings. The Balaban J connectivity index is 1.98. The van der Waals surface area contributed by atoms with Gasteiger partial charge < -0.3 is 14.7 Å². The first-order valence-electron chi connectivity index (χ1n) is 10.3. The van der Waals surface area contributed by atoms with Crippen molar-refractivity contribution in [1.29, 1.82) is 0 Å². The lowest BCUT2D eigenvalue weighted by molar-refractivity contribution is -0.0432. The SMILES string of the molecule is COc1ccc(/C=C2\CCCCC(CN(C)C)C2(O)C2CCCC2)cc1. The highest BCUT2D eigenvalue weighted by Crippen LogP contribution is 2.48. The third-order valence-corrected chi connectivity index (χ3v) is 6.41. The zero-order valence-corrected chi connectivity index (χ0v) is 16.7. The average molecular weight is 358 g/mol. The quantitative estimate of drug-likeness (QED) is 0.772. The number of ether oxygens (including phenoxy) is 1. The fourth-order valence-electron chi connectivity index (χ4n) is 5.11. The Morgan fingerprint density at radius 1 is 1.08 bits per heavy atom. The third-order valence-electron chi connectivity index (χ3n) is 6.41. The number of benzene rings is 1. The van der Waals surface area contributed by atoms with Crippen molar-refractivity contribution in [3.05, 3.63) is 35.4 Å². The molecule has 1 aromatic carbocycles. The van der Waals surface area contributed by atoms with Gasteiger partial charge in [0.25, 0.3) is 0 Å². The van der Waals surface area contributed by atoms with Crippen molar-refractivity contribution in [3.63, 3.8) is 0 Å². The van der Waals surface area contributed by atoms with E-state index in [0.29, 0.717) is 11.8 Å². The second-order valence-electron chi connectivity index (χ2n) is 8.45. The topological polar surface area (TPSA) is 32.7 Å². The second-order valence-corrected chi connectivity index (χ2v) is 8.45. The van der Waals surface area contributed by atoms with Crippen molar-refractivity contribution < 1.29 is 9.84 Å². The molecule has 0 aromatic heterocycles. The summed E-state index contributed by atoms with van der Waals surface area (Å²) >= 11 is 0. The molecule has 0 spiro atoms. The van der Waals surface area contributed by atoms with E-state index in [1.807, 2.05) is 12.1 Å². The predicted molar refractivity (Wildman–Crippen MR) is 108 cm³/mol. The molecule has 1 N–H and O–H groups in total. The molecule has 0 heterocycles. The molecule has 3 nitrogen and oxygen atoms in total. The second kappa shape index (κ2) is 8.58. The van der Waals surface area contributed by atoms with E-state index < -0.39 is 5.60 Å². The van der Waals surface area contributed by atoms with Crippen molar-refractivity contribution in [2.75, 3.05) is 27.7 Å². The zero-order chi connectivity index (χ0) is 18.6. The van der Waals surface area contributed by atoms with Crippen LogP contribution in [0.25, 0.3) is 6.08 Å². The van der Waals surface area contributed by atoms with E-state index in [1.54, 1.807) is 7.11 Å². The molecule has 3 rings (SSSR count). The first-order valence-corrected chi connectivity index (χ1v) is 10.3. The van der Waals surface area contributed by atoms with E-state index in [0.717, 1.165) is 25.1 Å². The van der Waals surface area contributed by atoms with Crippen LogP contribution in [0.4, 0.5) is 0 Å². The number of aliphatic hydroxyl groups is 1. The van der Waals surface area contributed by atoms with Crippen LogP contribution in [-0.2, 0) is 0 Å². The molecule has 2 aliphatic carbocycles. The standard InChI is InChI=1S/C23H35NO2/c1-24(2)17-21-11-7-6-10-20(23(21,25)19-8-4-5-9-19)16-18-12-14-22(26-3)15-13-18/h12-16,19,21,25H,4-11,17H2,1-3H3/b20-16+. The van der Waals surface area contributed by atoms with E-state index in [2.05, 4.69) is 37.2 Å². The van der Waals surface area contributed by atoms with Crippen LogP contribution in [0.1, 0.15) is 56.9 Å². The summed E-state index contributed by atoms with van der Waals surface area (Å²) in [5.41, 5.74) is 1.78. The Morgan fingerprint density at radius 3 is 2.35 bits per heavy atom. The Morgan fingerprint density at radius 2 is 1.73 bits per heavy atom. The van der Waals surface area contributed by atoms with Crippen LogP contribution < -0.4 is 4.74 Å². The van der Waals surface area contributed by atoms with Crippen LogP contribution in [0.2, 0.25) is 0 Å². The van der Waals surface area contributed by atoms with E-state index in [9.17, 15) is 5.11 Å². The molecule has 2 atom stereocenters. The molecule has 2 aliphatic rings. The molecule has 2 saturated carbocycles. The number of hydrogen-bond donors (Lipinski definition) is 1. The van der Waals surface area contributed by atoms with Gasteiger partial charge >= 0.3 is 0 Å². The monoisotopic (exact) mass is 357 g/mol. The molecule has 144 valence electrons. The minimum absolute atomic E-state index is 0.326. The third kappa shape index (κ3) is 4.15. The van der Waals surface area contributed by atoms with Gasteiger partial charge in [-0.25, -0.2) is 0 Å². The van der Waals surface area contributed by atoms with Gasteiger partial charge in [0, 0.05) is 12.5 Å². The van der Waals surface area contributed by atoms with Gasteiger partial charge in [0.1, 0.15) is 5.75 Å². The highest BCUT2D eigenvalue weighted by molar-refractivity contribution is 5.56. The molecular formula is C23H35NO2. The Bertz CT molecular complexity index is 601. The summed E-state index contributed by atoms with van der Waals surface area (Å²) in [6.07, 6.45) is 11.7. The maximum atomic E-state index is 12.2. The predicted octanol–water partition coefficient (Wildman–Crippen LogP) is 4.75. The van der Waals surface area contributed by atoms with Crippen molar-refractivity contribution in [1.82, 2.24) is 4.90 Å². The van der Waals surface area contributed by atoms with Gasteiger partial charge in [0.2, 0.25) is 0 Å². The highest BCUT2D eigenvalue weighted by Gasteiger charge is 2.47. The lowest BCUT2D eigenvalue weighted by Gasteiger charge is -2.43. The summed E-state index contributed by atoms with van der Waals surface area (Å²) in [6, 6.07) is 8.23. The average Bonchev–Trinajstić information content (AvgIpc) is 3.13. The lowest BCUT2D eigenvalue weighted by atomic mass is 9.69. The molecule has 1 aromatic rings. The van der Waals surface area contributed by atoms with Gasteiger partial charge in [-0.1, -0.05) is 37.5 Å². The highest BCUT2D eigenvalue weighted by atomic mass is 16.5. The molecule has 0 bridgehead atoms. The summed E-state index contributed by atoms with van der Waals surface area (Å²) in [4.78, 5) is 2.25. The van der Waals surface area contributed by atoms with Crippen molar-refractivity contribution in [2.24, 2.45) is 11.8 Å². The Labute approximate surface area is 159 Å². The summed E-state index contributed by atoms with van der Waals surface area (Å²) in [5, 5.41) is 12.2. The normalized spacial score (nSPS) is 29.3. The van der Waals surface area contributed by atoms with Gasteiger partial charge in [0.15, 0.2) is 0 Å². The van der Waals surface area contributed by atoms with E-state index in [1.165, 1.54) is 49.7 Å². The van der Waals surface area contributed by atoms with Crippen LogP contribution in [0.15, 0.2) is 29.8 Å². The van der Waals surface area contributed by atoms with Crippen molar-refractivity contribution in [3.8, 4) is 5.75 Å². The van der Waals surface area contributed by atoms with Crippen LogP contribution in [0, 0.1) is 11.8 Å². The molecule has 3 heteroatoms. The van der Waals surface area contributed by atoms with Crippen molar-refractivity contribution >= 4 is 6.08 Å². The van der Waals surface area contributed by atoms with Crippen LogP contribution in [-0.4, -0.2) is 43.4 Å².